The number of nitrogens with zero attached hydrogens (tertiary/aromatic N) is 1. The molecular weight excluding hydrogens is 334 g/mol. The molecule has 1 aliphatic carbocycles. The molecule has 1 saturated carbocycles. The zero-order valence-electron chi connectivity index (χ0n) is 15.5. The van der Waals surface area contributed by atoms with Gasteiger partial charge < -0.3 is 20.5 Å². The first-order chi connectivity index (χ1) is 12.5. The van der Waals surface area contributed by atoms with Gasteiger partial charge in [0.1, 0.15) is 5.75 Å². The van der Waals surface area contributed by atoms with E-state index in [4.69, 9.17) is 9.84 Å². The number of rotatable bonds is 10. The van der Waals surface area contributed by atoms with Gasteiger partial charge >= 0.3 is 12.0 Å². The minimum atomic E-state index is -0.818. The van der Waals surface area contributed by atoms with Gasteiger partial charge in [0.25, 0.3) is 0 Å². The lowest BCUT2D eigenvalue weighted by molar-refractivity contribution is -0.139. The summed E-state index contributed by atoms with van der Waals surface area (Å²) in [6.07, 6.45) is 3.62. The summed E-state index contributed by atoms with van der Waals surface area (Å²) in [7, 11) is 0. The Kier molecular flexibility index (Phi) is 7.72. The van der Waals surface area contributed by atoms with Crippen molar-refractivity contribution in [3.8, 4) is 5.75 Å². The lowest BCUT2D eigenvalue weighted by Crippen LogP contribution is -2.55. The van der Waals surface area contributed by atoms with E-state index in [1.807, 2.05) is 36.1 Å². The predicted molar refractivity (Wildman–Crippen MR) is 101 cm³/mol. The van der Waals surface area contributed by atoms with Crippen LogP contribution in [0.15, 0.2) is 24.3 Å². The van der Waals surface area contributed by atoms with E-state index in [9.17, 15) is 9.59 Å². The fraction of sp³-hybridized carbons (Fsp3) is 0.579. The first-order valence-corrected chi connectivity index (χ1v) is 9.28. The maximum Gasteiger partial charge on any atom is 0.319 e. The topological polar surface area (TPSA) is 90.9 Å². The van der Waals surface area contributed by atoms with Crippen molar-refractivity contribution in [1.29, 1.82) is 0 Å². The Bertz CT molecular complexity index is 602. The van der Waals surface area contributed by atoms with Crippen molar-refractivity contribution in [2.75, 3.05) is 25.0 Å². The highest BCUT2D eigenvalue weighted by atomic mass is 16.5. The molecule has 0 atom stereocenters. The molecule has 3 N–H and O–H groups in total. The van der Waals surface area contributed by atoms with Crippen LogP contribution in [0.2, 0.25) is 0 Å². The predicted octanol–water partition coefficient (Wildman–Crippen LogP) is 2.92. The highest BCUT2D eigenvalue weighted by Gasteiger charge is 2.34. The van der Waals surface area contributed by atoms with Gasteiger partial charge in [-0.3, -0.25) is 9.69 Å². The highest BCUT2D eigenvalue weighted by Crippen LogP contribution is 2.26. The molecule has 0 aliphatic heterocycles. The molecule has 26 heavy (non-hydrogen) atoms. The number of carboxylic acids is 1. The second kappa shape index (κ2) is 10.0. The molecule has 1 aromatic carbocycles. The zero-order chi connectivity index (χ0) is 18.9. The van der Waals surface area contributed by atoms with Gasteiger partial charge in [-0.25, -0.2) is 4.79 Å². The van der Waals surface area contributed by atoms with E-state index >= 15 is 0 Å². The molecule has 0 heterocycles. The van der Waals surface area contributed by atoms with Crippen LogP contribution in [0.25, 0.3) is 0 Å². The van der Waals surface area contributed by atoms with E-state index in [0.717, 1.165) is 31.4 Å². The molecule has 0 spiro atoms. The van der Waals surface area contributed by atoms with Crippen molar-refractivity contribution in [2.45, 2.75) is 51.6 Å². The van der Waals surface area contributed by atoms with Gasteiger partial charge in [0.2, 0.25) is 0 Å². The maximum atomic E-state index is 12.1. The molecule has 7 heteroatoms. The van der Waals surface area contributed by atoms with E-state index in [0.29, 0.717) is 18.8 Å². The highest BCUT2D eigenvalue weighted by molar-refractivity contribution is 5.89. The molecule has 144 valence electrons. The Hall–Kier alpha value is -2.28. The number of carbonyl (C=O) groups excluding carboxylic acids is 1. The first-order valence-electron chi connectivity index (χ1n) is 9.28. The Morgan fingerprint density at radius 1 is 1.31 bits per heavy atom. The van der Waals surface area contributed by atoms with Crippen molar-refractivity contribution in [2.24, 2.45) is 0 Å². The fourth-order valence-corrected chi connectivity index (χ4v) is 3.03. The summed E-state index contributed by atoms with van der Waals surface area (Å²) in [6, 6.07) is 7.40. The smallest absolute Gasteiger partial charge is 0.319 e. The third kappa shape index (κ3) is 6.22. The van der Waals surface area contributed by atoms with Gasteiger partial charge in [-0.05, 0) is 37.9 Å². The van der Waals surface area contributed by atoms with E-state index in [2.05, 4.69) is 17.6 Å². The normalized spacial score (nSPS) is 18.9. The number of aliphatic carboxylic acids is 1. The number of hydrogen-bond acceptors (Lipinski definition) is 4. The number of nitrogens with one attached hydrogen (secondary N) is 2. The van der Waals surface area contributed by atoms with Gasteiger partial charge in [-0.15, -0.1) is 0 Å². The molecule has 1 fully saturated rings. The van der Waals surface area contributed by atoms with Crippen LogP contribution in [-0.4, -0.2) is 53.8 Å². The molecule has 2 rings (SSSR count). The summed E-state index contributed by atoms with van der Waals surface area (Å²) in [4.78, 5) is 24.9. The zero-order valence-corrected chi connectivity index (χ0v) is 15.5. The number of carbonyl (C=O) groups is 2. The number of anilines is 1. The average molecular weight is 363 g/mol. The van der Waals surface area contributed by atoms with Gasteiger partial charge in [0.05, 0.1) is 13.2 Å². The number of amides is 2. The van der Waals surface area contributed by atoms with Crippen molar-refractivity contribution in [3.05, 3.63) is 24.3 Å². The van der Waals surface area contributed by atoms with Crippen molar-refractivity contribution in [1.82, 2.24) is 10.2 Å². The van der Waals surface area contributed by atoms with E-state index in [-0.39, 0.29) is 24.7 Å². The van der Waals surface area contributed by atoms with Crippen LogP contribution < -0.4 is 15.4 Å². The third-order valence-corrected chi connectivity index (χ3v) is 4.57. The molecule has 0 saturated heterocycles. The summed E-state index contributed by atoms with van der Waals surface area (Å²) in [6.45, 7) is 5.47. The Morgan fingerprint density at radius 2 is 2.08 bits per heavy atom. The van der Waals surface area contributed by atoms with E-state index in [1.165, 1.54) is 0 Å². The van der Waals surface area contributed by atoms with Gasteiger partial charge in [-0.2, -0.15) is 0 Å². The second-order valence-corrected chi connectivity index (χ2v) is 6.61. The fourth-order valence-electron chi connectivity index (χ4n) is 3.03. The van der Waals surface area contributed by atoms with Crippen LogP contribution in [0.5, 0.6) is 5.75 Å². The summed E-state index contributed by atoms with van der Waals surface area (Å²) in [5.74, 6) is -0.0748. The van der Waals surface area contributed by atoms with Crippen LogP contribution in [0.3, 0.4) is 0 Å². The number of urea groups is 1. The van der Waals surface area contributed by atoms with Crippen LogP contribution >= 0.6 is 0 Å². The minimum Gasteiger partial charge on any atom is -0.494 e. The van der Waals surface area contributed by atoms with Gasteiger partial charge in [0.15, 0.2) is 0 Å². The van der Waals surface area contributed by atoms with Crippen LogP contribution in [0, 0.1) is 0 Å². The molecule has 0 bridgehead atoms. The van der Waals surface area contributed by atoms with Crippen molar-refractivity contribution < 1.29 is 19.4 Å². The van der Waals surface area contributed by atoms with Gasteiger partial charge in [-0.1, -0.05) is 26.3 Å². The summed E-state index contributed by atoms with van der Waals surface area (Å²) < 4.78 is 5.64. The molecule has 2 amide bonds. The average Bonchev–Trinajstić information content (AvgIpc) is 2.56. The molecule has 1 aromatic rings. The molecule has 0 aromatic heterocycles. The second-order valence-electron chi connectivity index (χ2n) is 6.61. The lowest BCUT2D eigenvalue weighted by atomic mass is 9.85. The first kappa shape index (κ1) is 20.0. The summed E-state index contributed by atoms with van der Waals surface area (Å²) in [5.41, 5.74) is 0.688. The standard InChI is InChI=1S/C19H29N3O4/c1-3-5-9-26-17-8-6-7-14(12-17)20-19(25)21-15-10-16(11-15)22(4-2)13-18(23)24/h6-8,12,15-16H,3-5,9-11,13H2,1-2H3,(H,23,24)(H2,20,21,25). The third-order valence-electron chi connectivity index (χ3n) is 4.57. The molecule has 0 radical (unpaired) electrons. The number of hydrogen-bond donors (Lipinski definition) is 3. The minimum absolute atomic E-state index is 0.0465. The summed E-state index contributed by atoms with van der Waals surface area (Å²) in [5, 5.41) is 14.7. The SMILES string of the molecule is CCCCOc1cccc(NC(=O)NC2CC(N(CC)CC(=O)O)C2)c1. The van der Waals surface area contributed by atoms with E-state index in [1.54, 1.807) is 0 Å². The quantitative estimate of drug-likeness (QED) is 0.556. The number of ether oxygens (including phenoxy) is 1. The van der Waals surface area contributed by atoms with Gasteiger partial charge in [0, 0.05) is 23.8 Å². The molecule has 7 nitrogen and oxygen atoms in total. The summed E-state index contributed by atoms with van der Waals surface area (Å²) >= 11 is 0. The Balaban J connectivity index is 1.74. The largest absolute Gasteiger partial charge is 0.494 e. The number of carboxylic acid groups (broad SMARTS) is 1. The van der Waals surface area contributed by atoms with Crippen LogP contribution in [0.4, 0.5) is 10.5 Å². The maximum absolute atomic E-state index is 12.1. The number of unbranched alkanes of at least 4 members (excludes halogenated alkanes) is 1. The molecular formula is C19H29N3O4. The lowest BCUT2D eigenvalue weighted by Gasteiger charge is -2.42. The van der Waals surface area contributed by atoms with E-state index < -0.39 is 5.97 Å². The monoisotopic (exact) mass is 363 g/mol. The molecule has 0 unspecified atom stereocenters. The Morgan fingerprint density at radius 3 is 2.73 bits per heavy atom. The Labute approximate surface area is 154 Å². The van der Waals surface area contributed by atoms with Crippen molar-refractivity contribution >= 4 is 17.7 Å². The van der Waals surface area contributed by atoms with Crippen molar-refractivity contribution in [3.63, 3.8) is 0 Å². The number of benzene rings is 1. The molecule has 1 aliphatic rings. The van der Waals surface area contributed by atoms with Crippen LogP contribution in [0.1, 0.15) is 39.5 Å². The number of likely N-dealkylation sites (N-methyl/N-ethyl adjacent to an activating group) is 1. The van der Waals surface area contributed by atoms with Crippen LogP contribution in [-0.2, 0) is 4.79 Å².